The van der Waals surface area contributed by atoms with E-state index < -0.39 is 0 Å². The van der Waals surface area contributed by atoms with Gasteiger partial charge in [0.1, 0.15) is 12.3 Å². The van der Waals surface area contributed by atoms with E-state index in [1.807, 2.05) is 13.0 Å². The summed E-state index contributed by atoms with van der Waals surface area (Å²) in [5.41, 5.74) is 1.38. The standard InChI is InChI=1S/C17H27NO/c1-2-19-17-12-8-9-15(13-17)14-18-16-10-6-4-3-5-7-11-16/h8-9,12-13,16,18H,2-7,10-11,14H2,1H3/p+1. The summed E-state index contributed by atoms with van der Waals surface area (Å²) in [5, 5.41) is 2.54. The average Bonchev–Trinajstić information content (AvgIpc) is 2.38. The van der Waals surface area contributed by atoms with E-state index in [9.17, 15) is 0 Å². The van der Waals surface area contributed by atoms with Gasteiger partial charge in [0.05, 0.1) is 12.6 Å². The van der Waals surface area contributed by atoms with Gasteiger partial charge in [0.25, 0.3) is 0 Å². The molecule has 0 aromatic heterocycles. The zero-order valence-electron chi connectivity index (χ0n) is 12.2. The van der Waals surface area contributed by atoms with Crippen LogP contribution >= 0.6 is 0 Å². The minimum atomic E-state index is 0.746. The van der Waals surface area contributed by atoms with Crippen LogP contribution in [-0.4, -0.2) is 12.6 Å². The molecule has 0 aliphatic heterocycles. The van der Waals surface area contributed by atoms with Gasteiger partial charge in [-0.25, -0.2) is 0 Å². The van der Waals surface area contributed by atoms with E-state index in [4.69, 9.17) is 4.74 Å². The van der Waals surface area contributed by atoms with Crippen LogP contribution in [0, 0.1) is 0 Å². The van der Waals surface area contributed by atoms with Gasteiger partial charge in [0.15, 0.2) is 0 Å². The van der Waals surface area contributed by atoms with Crippen molar-refractivity contribution < 1.29 is 10.1 Å². The molecule has 0 radical (unpaired) electrons. The zero-order valence-corrected chi connectivity index (χ0v) is 12.2. The maximum absolute atomic E-state index is 5.56. The lowest BCUT2D eigenvalue weighted by Gasteiger charge is -2.18. The highest BCUT2D eigenvalue weighted by atomic mass is 16.5. The van der Waals surface area contributed by atoms with Crippen molar-refractivity contribution in [2.24, 2.45) is 0 Å². The monoisotopic (exact) mass is 262 g/mol. The van der Waals surface area contributed by atoms with E-state index in [0.29, 0.717) is 0 Å². The lowest BCUT2D eigenvalue weighted by atomic mass is 9.96. The Hall–Kier alpha value is -1.02. The number of ether oxygens (including phenoxy) is 1. The fourth-order valence-electron chi connectivity index (χ4n) is 2.96. The second kappa shape index (κ2) is 8.21. The predicted molar refractivity (Wildman–Crippen MR) is 79.3 cm³/mol. The highest BCUT2D eigenvalue weighted by Gasteiger charge is 2.13. The maximum atomic E-state index is 5.56. The largest absolute Gasteiger partial charge is 0.494 e. The van der Waals surface area contributed by atoms with Gasteiger partial charge in [-0.05, 0) is 44.7 Å². The van der Waals surface area contributed by atoms with Gasteiger partial charge in [0, 0.05) is 5.56 Å². The first-order valence-corrected chi connectivity index (χ1v) is 7.93. The van der Waals surface area contributed by atoms with E-state index in [1.54, 1.807) is 0 Å². The third-order valence-electron chi connectivity index (χ3n) is 4.05. The number of benzene rings is 1. The molecular formula is C17H28NO+. The minimum Gasteiger partial charge on any atom is -0.494 e. The van der Waals surface area contributed by atoms with Gasteiger partial charge in [-0.3, -0.25) is 0 Å². The van der Waals surface area contributed by atoms with Crippen LogP contribution in [0.25, 0.3) is 0 Å². The van der Waals surface area contributed by atoms with Gasteiger partial charge >= 0.3 is 0 Å². The van der Waals surface area contributed by atoms with Crippen LogP contribution in [0.1, 0.15) is 57.4 Å². The molecule has 2 rings (SSSR count). The highest BCUT2D eigenvalue weighted by molar-refractivity contribution is 5.27. The SMILES string of the molecule is CCOc1cccc(C[NH2+]C2CCCCCCC2)c1. The van der Waals surface area contributed by atoms with Crippen molar-refractivity contribution in [2.75, 3.05) is 6.61 Å². The third kappa shape index (κ3) is 5.23. The minimum absolute atomic E-state index is 0.746. The van der Waals surface area contributed by atoms with Crippen molar-refractivity contribution in [3.05, 3.63) is 29.8 Å². The van der Waals surface area contributed by atoms with E-state index in [0.717, 1.165) is 24.9 Å². The Morgan fingerprint density at radius 2 is 1.84 bits per heavy atom. The predicted octanol–water partition coefficient (Wildman–Crippen LogP) is 3.26. The molecule has 1 aromatic carbocycles. The summed E-state index contributed by atoms with van der Waals surface area (Å²) < 4.78 is 5.56. The quantitative estimate of drug-likeness (QED) is 0.866. The van der Waals surface area contributed by atoms with Gasteiger partial charge in [-0.1, -0.05) is 31.4 Å². The molecule has 0 bridgehead atoms. The molecule has 106 valence electrons. The molecule has 0 spiro atoms. The second-order valence-electron chi connectivity index (χ2n) is 5.63. The summed E-state index contributed by atoms with van der Waals surface area (Å²) in [5.74, 6) is 1.01. The molecule has 0 atom stereocenters. The van der Waals surface area contributed by atoms with Crippen molar-refractivity contribution in [1.82, 2.24) is 0 Å². The molecule has 0 heterocycles. The molecule has 1 aliphatic rings. The number of hydrogen-bond donors (Lipinski definition) is 1. The summed E-state index contributed by atoms with van der Waals surface area (Å²) in [6, 6.07) is 9.37. The van der Waals surface area contributed by atoms with Crippen LogP contribution < -0.4 is 10.1 Å². The molecule has 1 aliphatic carbocycles. The summed E-state index contributed by atoms with van der Waals surface area (Å²) >= 11 is 0. The van der Waals surface area contributed by atoms with Crippen LogP contribution in [0.5, 0.6) is 5.75 Å². The Balaban J connectivity index is 1.81. The number of quaternary nitrogens is 1. The fourth-order valence-corrected chi connectivity index (χ4v) is 2.96. The van der Waals surface area contributed by atoms with Gasteiger partial charge in [0.2, 0.25) is 0 Å². The number of hydrogen-bond acceptors (Lipinski definition) is 1. The average molecular weight is 262 g/mol. The van der Waals surface area contributed by atoms with E-state index >= 15 is 0 Å². The molecule has 1 saturated carbocycles. The Morgan fingerprint density at radius 3 is 2.58 bits per heavy atom. The smallest absolute Gasteiger partial charge is 0.119 e. The van der Waals surface area contributed by atoms with Crippen LogP contribution in [0.4, 0.5) is 0 Å². The van der Waals surface area contributed by atoms with Crippen LogP contribution in [0.2, 0.25) is 0 Å². The second-order valence-corrected chi connectivity index (χ2v) is 5.63. The molecule has 1 aromatic rings. The number of nitrogens with two attached hydrogens (primary N) is 1. The summed E-state index contributed by atoms with van der Waals surface area (Å²) in [6.07, 6.45) is 9.94. The molecule has 19 heavy (non-hydrogen) atoms. The molecule has 1 fully saturated rings. The topological polar surface area (TPSA) is 25.8 Å². The summed E-state index contributed by atoms with van der Waals surface area (Å²) in [4.78, 5) is 0. The molecule has 0 amide bonds. The molecule has 2 nitrogen and oxygen atoms in total. The Labute approximate surface area is 117 Å². The van der Waals surface area contributed by atoms with Gasteiger partial charge in [-0.15, -0.1) is 0 Å². The van der Waals surface area contributed by atoms with Gasteiger partial charge in [-0.2, -0.15) is 0 Å². The lowest BCUT2D eigenvalue weighted by molar-refractivity contribution is -0.706. The third-order valence-corrected chi connectivity index (χ3v) is 4.05. The van der Waals surface area contributed by atoms with Crippen molar-refractivity contribution in [3.63, 3.8) is 0 Å². The first-order valence-electron chi connectivity index (χ1n) is 7.93. The summed E-state index contributed by atoms with van der Waals surface area (Å²) in [7, 11) is 0. The summed E-state index contributed by atoms with van der Waals surface area (Å²) in [6.45, 7) is 3.87. The molecular weight excluding hydrogens is 234 g/mol. The van der Waals surface area contributed by atoms with Crippen LogP contribution in [0.15, 0.2) is 24.3 Å². The fraction of sp³-hybridized carbons (Fsp3) is 0.647. The Kier molecular flexibility index (Phi) is 6.22. The Bertz CT molecular complexity index is 356. The van der Waals surface area contributed by atoms with Crippen molar-refractivity contribution in [1.29, 1.82) is 0 Å². The van der Waals surface area contributed by atoms with Crippen LogP contribution in [-0.2, 0) is 6.54 Å². The maximum Gasteiger partial charge on any atom is 0.119 e. The highest BCUT2D eigenvalue weighted by Crippen LogP contribution is 2.16. The van der Waals surface area contributed by atoms with E-state index in [2.05, 4.69) is 23.5 Å². The first-order chi connectivity index (χ1) is 9.38. The normalized spacial score (nSPS) is 17.7. The lowest BCUT2D eigenvalue weighted by Crippen LogP contribution is -2.88. The van der Waals surface area contributed by atoms with Crippen molar-refractivity contribution >= 4 is 0 Å². The van der Waals surface area contributed by atoms with Crippen molar-refractivity contribution in [2.45, 2.75) is 64.5 Å². The van der Waals surface area contributed by atoms with Gasteiger partial charge < -0.3 is 10.1 Å². The molecule has 2 heteroatoms. The molecule has 0 saturated heterocycles. The molecule has 2 N–H and O–H groups in total. The Morgan fingerprint density at radius 1 is 1.11 bits per heavy atom. The van der Waals surface area contributed by atoms with Crippen molar-refractivity contribution in [3.8, 4) is 5.75 Å². The molecule has 0 unspecified atom stereocenters. The number of rotatable bonds is 5. The van der Waals surface area contributed by atoms with E-state index in [1.165, 1.54) is 50.5 Å². The van der Waals surface area contributed by atoms with Crippen LogP contribution in [0.3, 0.4) is 0 Å². The zero-order chi connectivity index (χ0) is 13.3. The van der Waals surface area contributed by atoms with E-state index in [-0.39, 0.29) is 0 Å². The first kappa shape index (κ1) is 14.4.